The van der Waals surface area contributed by atoms with Gasteiger partial charge in [-0.15, -0.1) is 0 Å². The third-order valence-corrected chi connectivity index (χ3v) is 8.88. The van der Waals surface area contributed by atoms with Gasteiger partial charge in [-0.05, 0) is 151 Å². The highest BCUT2D eigenvalue weighted by Crippen LogP contribution is 2.40. The fraction of sp³-hybridized carbons (Fsp3) is 0.278. The smallest absolute Gasteiger partial charge is 0.126 e. The van der Waals surface area contributed by atoms with Crippen LogP contribution in [0.1, 0.15) is 82.3 Å². The van der Waals surface area contributed by atoms with Crippen LogP contribution in [0.5, 0.6) is 23.0 Å². The van der Waals surface area contributed by atoms with Crippen molar-refractivity contribution in [2.24, 2.45) is 0 Å². The van der Waals surface area contributed by atoms with Crippen molar-refractivity contribution in [2.45, 2.75) is 52.4 Å². The molecule has 0 heterocycles. The van der Waals surface area contributed by atoms with E-state index in [1.807, 2.05) is 38.1 Å². The van der Waals surface area contributed by atoms with Gasteiger partial charge in [0, 0.05) is 32.8 Å². The van der Waals surface area contributed by atoms with Crippen LogP contribution in [0, 0.1) is 29.8 Å². The Hall–Kier alpha value is -3.48. The van der Waals surface area contributed by atoms with E-state index in [2.05, 4.69) is 57.3 Å². The molecule has 2 N–H and O–H groups in total. The average molecular weight is 810 g/mol. The molecule has 1 aliphatic rings. The van der Waals surface area contributed by atoms with E-state index in [4.69, 9.17) is 9.47 Å². The van der Waals surface area contributed by atoms with Gasteiger partial charge in [-0.25, -0.2) is 0 Å². The highest BCUT2D eigenvalue weighted by Gasteiger charge is 2.22. The second-order valence-electron chi connectivity index (χ2n) is 11.0. The van der Waals surface area contributed by atoms with Gasteiger partial charge < -0.3 is 19.7 Å². The van der Waals surface area contributed by atoms with Crippen molar-refractivity contribution >= 4 is 45.2 Å². The van der Waals surface area contributed by atoms with Crippen LogP contribution in [0.25, 0.3) is 0 Å². The van der Waals surface area contributed by atoms with E-state index in [-0.39, 0.29) is 11.5 Å². The van der Waals surface area contributed by atoms with Gasteiger partial charge in [0.1, 0.15) is 23.0 Å². The monoisotopic (exact) mass is 810 g/mol. The van der Waals surface area contributed by atoms with Crippen LogP contribution in [0.15, 0.2) is 48.5 Å². The molecule has 0 atom stereocenters. The lowest BCUT2D eigenvalue weighted by Gasteiger charge is -2.21. The van der Waals surface area contributed by atoms with E-state index < -0.39 is 0 Å². The van der Waals surface area contributed by atoms with Crippen molar-refractivity contribution in [1.82, 2.24) is 0 Å². The summed E-state index contributed by atoms with van der Waals surface area (Å²) in [5.41, 5.74) is 7.01. The number of benzene rings is 4. The lowest BCUT2D eigenvalue weighted by Crippen LogP contribution is -2.08. The number of nitriles is 2. The van der Waals surface area contributed by atoms with Crippen molar-refractivity contribution in [2.75, 3.05) is 13.2 Å². The summed E-state index contributed by atoms with van der Waals surface area (Å²) in [6.45, 7) is 5.09. The first-order valence-corrected chi connectivity index (χ1v) is 16.8. The van der Waals surface area contributed by atoms with Crippen LogP contribution in [0.2, 0.25) is 0 Å². The molecule has 0 radical (unpaired) electrons. The molecule has 6 nitrogen and oxygen atoms in total. The number of phenols is 2. The van der Waals surface area contributed by atoms with Gasteiger partial charge >= 0.3 is 0 Å². The molecule has 0 unspecified atom stereocenters. The van der Waals surface area contributed by atoms with Crippen LogP contribution in [-0.2, 0) is 25.7 Å². The molecule has 44 heavy (non-hydrogen) atoms. The molecule has 0 aromatic heterocycles. The summed E-state index contributed by atoms with van der Waals surface area (Å²) in [6, 6.07) is 19.7. The maximum absolute atomic E-state index is 11.7. The predicted octanol–water partition coefficient (Wildman–Crippen LogP) is 8.30. The number of nitrogens with zero attached hydrogens (tertiary/aromatic N) is 2. The zero-order valence-corrected chi connectivity index (χ0v) is 29.0. The van der Waals surface area contributed by atoms with Crippen LogP contribution in [0.3, 0.4) is 0 Å². The van der Waals surface area contributed by atoms with Crippen molar-refractivity contribution in [3.63, 3.8) is 0 Å². The van der Waals surface area contributed by atoms with E-state index in [0.29, 0.717) is 83.8 Å². The topological polar surface area (TPSA) is 107 Å². The first-order chi connectivity index (χ1) is 21.2. The normalized spacial score (nSPS) is 12.2. The van der Waals surface area contributed by atoms with Crippen LogP contribution in [-0.4, -0.2) is 23.4 Å². The Labute approximate surface area is 285 Å². The van der Waals surface area contributed by atoms with Crippen molar-refractivity contribution in [3.8, 4) is 35.1 Å². The summed E-state index contributed by atoms with van der Waals surface area (Å²) in [5.74, 6) is 1.70. The maximum Gasteiger partial charge on any atom is 0.126 e. The third kappa shape index (κ3) is 6.92. The lowest BCUT2D eigenvalue weighted by molar-refractivity contribution is 0.311. The number of rotatable bonds is 6. The standard InChI is InChI=1S/C36H32I2N2O4/c1-3-5-43-35-27-11-23-7-21(19-39)9-25(33(23)41)13-29-17-32(38)18-30(36(29)44-6-4-2)14-26-10-22(20-40)8-24(34(26)42)12-28(35)16-31(37)15-27/h7-10,15-18,41-42H,3-6,11-14H2,1-2H3. The van der Waals surface area contributed by atoms with Gasteiger partial charge in [0.05, 0.1) is 36.5 Å². The van der Waals surface area contributed by atoms with E-state index in [1.54, 1.807) is 24.3 Å². The summed E-state index contributed by atoms with van der Waals surface area (Å²) in [7, 11) is 0. The predicted molar refractivity (Wildman–Crippen MR) is 187 cm³/mol. The molecular weight excluding hydrogens is 778 g/mol. The first-order valence-electron chi connectivity index (χ1n) is 14.6. The minimum absolute atomic E-state index is 0.154. The highest BCUT2D eigenvalue weighted by atomic mass is 127. The Morgan fingerprint density at radius 1 is 0.568 bits per heavy atom. The zero-order valence-electron chi connectivity index (χ0n) is 24.6. The van der Waals surface area contributed by atoms with Crippen LogP contribution in [0.4, 0.5) is 0 Å². The number of aromatic hydroxyl groups is 2. The first kappa shape index (κ1) is 31.9. The van der Waals surface area contributed by atoms with Gasteiger partial charge in [-0.3, -0.25) is 0 Å². The number of ether oxygens (including phenoxy) is 2. The van der Waals surface area contributed by atoms with Crippen molar-refractivity contribution in [1.29, 1.82) is 10.5 Å². The van der Waals surface area contributed by atoms with Crippen molar-refractivity contribution < 1.29 is 19.7 Å². The molecule has 4 aromatic rings. The quantitative estimate of drug-likeness (QED) is 0.167. The number of hydrogen-bond donors (Lipinski definition) is 2. The maximum atomic E-state index is 11.7. The van der Waals surface area contributed by atoms with Gasteiger partial charge in [-0.2, -0.15) is 10.5 Å². The van der Waals surface area contributed by atoms with E-state index in [0.717, 1.165) is 42.2 Å². The highest BCUT2D eigenvalue weighted by molar-refractivity contribution is 14.1. The number of halogens is 2. The zero-order chi connectivity index (χ0) is 31.4. The fourth-order valence-corrected chi connectivity index (χ4v) is 7.24. The lowest BCUT2D eigenvalue weighted by atomic mass is 9.90. The molecule has 0 fully saturated rings. The Morgan fingerprint density at radius 3 is 1.11 bits per heavy atom. The summed E-state index contributed by atoms with van der Waals surface area (Å²) in [4.78, 5) is 0. The Morgan fingerprint density at radius 2 is 0.864 bits per heavy atom. The molecule has 0 saturated carbocycles. The Balaban J connectivity index is 1.83. The largest absolute Gasteiger partial charge is 0.507 e. The van der Waals surface area contributed by atoms with Gasteiger partial charge in [0.15, 0.2) is 0 Å². The van der Waals surface area contributed by atoms with E-state index in [9.17, 15) is 20.7 Å². The molecule has 224 valence electrons. The fourth-order valence-electron chi connectivity index (χ4n) is 5.74. The molecule has 4 aromatic carbocycles. The van der Waals surface area contributed by atoms with Gasteiger partial charge in [-0.1, -0.05) is 13.8 Å². The van der Waals surface area contributed by atoms with E-state index in [1.165, 1.54) is 0 Å². The number of hydrogen-bond acceptors (Lipinski definition) is 6. The molecule has 8 bridgehead atoms. The third-order valence-electron chi connectivity index (χ3n) is 7.63. The number of fused-ring (bicyclic) bond motifs is 8. The minimum Gasteiger partial charge on any atom is -0.507 e. The second-order valence-corrected chi connectivity index (χ2v) is 13.5. The summed E-state index contributed by atoms with van der Waals surface area (Å²) < 4.78 is 14.6. The number of phenolic OH excluding ortho intramolecular Hbond substituents is 2. The molecule has 1 aliphatic carbocycles. The minimum atomic E-state index is 0.154. The Kier molecular flexibility index (Phi) is 10.2. The van der Waals surface area contributed by atoms with E-state index >= 15 is 0 Å². The second kappa shape index (κ2) is 14.1. The molecule has 0 spiro atoms. The summed E-state index contributed by atoms with van der Waals surface area (Å²) >= 11 is 4.55. The molecule has 0 aliphatic heterocycles. The van der Waals surface area contributed by atoms with Gasteiger partial charge in [0.2, 0.25) is 0 Å². The molecule has 0 saturated heterocycles. The van der Waals surface area contributed by atoms with Crippen molar-refractivity contribution in [3.05, 3.63) is 111 Å². The van der Waals surface area contributed by atoms with Crippen LogP contribution >= 0.6 is 45.2 Å². The summed E-state index contributed by atoms with van der Waals surface area (Å²) in [6.07, 6.45) is 3.02. The molecule has 5 rings (SSSR count). The molecule has 0 amide bonds. The summed E-state index contributed by atoms with van der Waals surface area (Å²) in [5, 5.41) is 43.2. The van der Waals surface area contributed by atoms with Gasteiger partial charge in [0.25, 0.3) is 0 Å². The Bertz CT molecular complexity index is 1590. The van der Waals surface area contributed by atoms with Crippen LogP contribution < -0.4 is 9.47 Å². The average Bonchev–Trinajstić information content (AvgIpc) is 2.99. The molecular formula is C36H32I2N2O4. The molecule has 8 heteroatoms. The SMILES string of the molecule is CCCOc1c2cc(I)cc1Cc1cc(C#N)cc(c1O)Cc1cc(I)cc(c1OCCC)Cc1cc(C#N)cc(c1O)C2.